The van der Waals surface area contributed by atoms with Crippen LogP contribution in [0.25, 0.3) is 0 Å². The average Bonchev–Trinajstić information content (AvgIpc) is 3.34. The van der Waals surface area contributed by atoms with Crippen molar-refractivity contribution in [2.75, 3.05) is 13.2 Å². The van der Waals surface area contributed by atoms with Gasteiger partial charge in [0, 0.05) is 39.0 Å². The third-order valence-corrected chi connectivity index (χ3v) is 7.48. The minimum Gasteiger partial charge on any atom is -0.365 e. The number of nitrogens with one attached hydrogen (secondary N) is 1. The summed E-state index contributed by atoms with van der Waals surface area (Å²) in [6, 6.07) is 20.0. The van der Waals surface area contributed by atoms with Crippen molar-refractivity contribution < 1.29 is 9.53 Å². The van der Waals surface area contributed by atoms with E-state index in [2.05, 4.69) is 5.32 Å². The zero-order valence-electron chi connectivity index (χ0n) is 20.0. The summed E-state index contributed by atoms with van der Waals surface area (Å²) in [5.74, 6) is -0.125. The van der Waals surface area contributed by atoms with Gasteiger partial charge in [-0.3, -0.25) is 4.79 Å². The van der Waals surface area contributed by atoms with Crippen LogP contribution in [-0.2, 0) is 22.7 Å². The summed E-state index contributed by atoms with van der Waals surface area (Å²) in [6.07, 6.45) is 3.17. The van der Waals surface area contributed by atoms with Crippen molar-refractivity contribution in [2.45, 2.75) is 24.8 Å². The molecule has 0 bridgehead atoms. The molecule has 1 N–H and O–H groups in total. The Hall–Kier alpha value is -1.83. The molecule has 5 nitrogen and oxygen atoms in total. The van der Waals surface area contributed by atoms with Gasteiger partial charge in [-0.05, 0) is 47.0 Å². The molecular weight excluding hydrogens is 611 g/mol. The van der Waals surface area contributed by atoms with Crippen molar-refractivity contribution in [1.82, 2.24) is 15.1 Å². The van der Waals surface area contributed by atoms with E-state index in [0.717, 1.165) is 16.7 Å². The minimum atomic E-state index is -0.570. The Morgan fingerprint density at radius 1 is 0.895 bits per heavy atom. The molecule has 2 unspecified atom stereocenters. The molecule has 0 spiro atoms. The third-order valence-electron chi connectivity index (χ3n) is 5.79. The molecule has 38 heavy (non-hydrogen) atoms. The molecule has 1 amide bonds. The summed E-state index contributed by atoms with van der Waals surface area (Å²) >= 11 is 31.6. The van der Waals surface area contributed by atoms with Crippen LogP contribution in [0.5, 0.6) is 0 Å². The Morgan fingerprint density at radius 2 is 1.61 bits per heavy atom. The van der Waals surface area contributed by atoms with E-state index < -0.39 is 11.6 Å². The lowest BCUT2D eigenvalue weighted by molar-refractivity contribution is -0.122. The van der Waals surface area contributed by atoms with Gasteiger partial charge >= 0.3 is 0 Å². The molecule has 0 fully saturated rings. The molecule has 0 saturated carbocycles. The lowest BCUT2D eigenvalue weighted by atomic mass is 10.1. The first kappa shape index (κ1) is 30.7. The molecular formula is C27H25Cl6N3O2. The summed E-state index contributed by atoms with van der Waals surface area (Å²) < 4.78 is 6.28. The highest BCUT2D eigenvalue weighted by Gasteiger charge is 2.30. The average molecular weight is 636 g/mol. The molecule has 1 aliphatic heterocycles. The standard InChI is InChI=1S/C27H24Cl5N3O2.ClH/c28-21-8-5-18(6-9-21)26(37-16-20-7-10-22(29)13-24(20)31)27(32)35-12-11-34(17-35)15-25(36)33-14-19-3-1-2-4-23(19)30;/h1-13,26-27H,14-17H2,(H,33,36);1H. The Labute approximate surface area is 253 Å². The number of carbonyl (C=O) groups is 1. The SMILES string of the molecule is Cl.O=C(CN1C=CN(C(Cl)C(OCc2ccc(Cl)cc2Cl)c2ccc(Cl)cc2)C1)NCc1ccccc1Cl. The Kier molecular flexibility index (Phi) is 11.7. The second kappa shape index (κ2) is 14.5. The van der Waals surface area contributed by atoms with Crippen molar-refractivity contribution in [3.05, 3.63) is 116 Å². The largest absolute Gasteiger partial charge is 0.365 e. The van der Waals surface area contributed by atoms with Crippen LogP contribution in [0.1, 0.15) is 22.8 Å². The molecule has 3 aromatic carbocycles. The fourth-order valence-corrected chi connectivity index (χ4v) is 4.94. The molecule has 0 radical (unpaired) electrons. The molecule has 0 saturated heterocycles. The van der Waals surface area contributed by atoms with E-state index in [9.17, 15) is 4.79 Å². The fourth-order valence-electron chi connectivity index (χ4n) is 3.80. The molecule has 0 aromatic heterocycles. The van der Waals surface area contributed by atoms with Crippen molar-refractivity contribution >= 4 is 76.3 Å². The normalized spacial score (nSPS) is 14.2. The Morgan fingerprint density at radius 3 is 2.32 bits per heavy atom. The molecule has 202 valence electrons. The summed E-state index contributed by atoms with van der Waals surface area (Å²) in [7, 11) is 0. The van der Waals surface area contributed by atoms with Crippen LogP contribution in [0.15, 0.2) is 79.1 Å². The molecule has 1 heterocycles. The zero-order valence-corrected chi connectivity index (χ0v) is 24.6. The van der Waals surface area contributed by atoms with E-state index in [1.54, 1.807) is 30.3 Å². The van der Waals surface area contributed by atoms with Gasteiger partial charge in [0.1, 0.15) is 11.6 Å². The second-order valence-corrected chi connectivity index (χ2v) is 10.6. The quantitative estimate of drug-likeness (QED) is 0.182. The number of nitrogens with zero attached hydrogens (tertiary/aromatic N) is 2. The smallest absolute Gasteiger partial charge is 0.239 e. The summed E-state index contributed by atoms with van der Waals surface area (Å²) in [5.41, 5.74) is 1.95. The van der Waals surface area contributed by atoms with Gasteiger partial charge in [-0.25, -0.2) is 0 Å². The van der Waals surface area contributed by atoms with E-state index in [0.29, 0.717) is 33.3 Å². The second-order valence-electron chi connectivity index (χ2n) is 8.46. The van der Waals surface area contributed by atoms with Gasteiger partial charge in [0.2, 0.25) is 5.91 Å². The van der Waals surface area contributed by atoms with Crippen LogP contribution in [0, 0.1) is 0 Å². The highest BCUT2D eigenvalue weighted by molar-refractivity contribution is 6.35. The van der Waals surface area contributed by atoms with Crippen molar-refractivity contribution in [2.24, 2.45) is 0 Å². The highest BCUT2D eigenvalue weighted by Crippen LogP contribution is 2.32. The van der Waals surface area contributed by atoms with E-state index in [4.69, 9.17) is 62.7 Å². The van der Waals surface area contributed by atoms with Gasteiger partial charge in [0.05, 0.1) is 19.8 Å². The van der Waals surface area contributed by atoms with Crippen molar-refractivity contribution in [3.8, 4) is 0 Å². The van der Waals surface area contributed by atoms with Gasteiger partial charge in [-0.2, -0.15) is 0 Å². The molecule has 1 aliphatic rings. The van der Waals surface area contributed by atoms with Crippen molar-refractivity contribution in [3.63, 3.8) is 0 Å². The maximum Gasteiger partial charge on any atom is 0.239 e. The van der Waals surface area contributed by atoms with Gasteiger partial charge in [-0.15, -0.1) is 12.4 Å². The molecule has 2 atom stereocenters. The lowest BCUT2D eigenvalue weighted by Crippen LogP contribution is -2.39. The third kappa shape index (κ3) is 8.33. The first-order valence-electron chi connectivity index (χ1n) is 11.4. The highest BCUT2D eigenvalue weighted by atomic mass is 35.5. The minimum absolute atomic E-state index is 0. The number of amides is 1. The monoisotopic (exact) mass is 633 g/mol. The van der Waals surface area contributed by atoms with Crippen molar-refractivity contribution in [1.29, 1.82) is 0 Å². The molecule has 4 rings (SSSR count). The number of hydrogen-bond donors (Lipinski definition) is 1. The number of hydrogen-bond acceptors (Lipinski definition) is 4. The first-order valence-corrected chi connectivity index (χ1v) is 13.4. The van der Waals surface area contributed by atoms with E-state index >= 15 is 0 Å². The number of halogens is 6. The van der Waals surface area contributed by atoms with Crippen LogP contribution in [-0.4, -0.2) is 34.4 Å². The maximum atomic E-state index is 12.5. The molecule has 3 aromatic rings. The predicted octanol–water partition coefficient (Wildman–Crippen LogP) is 7.91. The van der Waals surface area contributed by atoms with Crippen LogP contribution >= 0.6 is 70.4 Å². The Balaban J connectivity index is 0.00000400. The summed E-state index contributed by atoms with van der Waals surface area (Å²) in [4.78, 5) is 16.3. The summed E-state index contributed by atoms with van der Waals surface area (Å²) in [6.45, 7) is 1.19. The number of alkyl halides is 1. The van der Waals surface area contributed by atoms with Gasteiger partial charge in [-0.1, -0.05) is 94.4 Å². The number of ether oxygens (including phenoxy) is 1. The van der Waals surface area contributed by atoms with Crippen LogP contribution < -0.4 is 5.32 Å². The van der Waals surface area contributed by atoms with Crippen LogP contribution in [0.2, 0.25) is 20.1 Å². The Bertz CT molecular complexity index is 1260. The lowest BCUT2D eigenvalue weighted by Gasteiger charge is -2.31. The number of carbonyl (C=O) groups excluding carboxylic acids is 1. The van der Waals surface area contributed by atoms with Gasteiger partial charge < -0.3 is 19.9 Å². The first-order chi connectivity index (χ1) is 17.8. The summed E-state index contributed by atoms with van der Waals surface area (Å²) in [5, 5.41) is 5.21. The fraction of sp³-hybridized carbons (Fsp3) is 0.222. The van der Waals surface area contributed by atoms with E-state index in [-0.39, 0.29) is 31.5 Å². The van der Waals surface area contributed by atoms with Gasteiger partial charge in [0.25, 0.3) is 0 Å². The molecule has 0 aliphatic carbocycles. The number of benzene rings is 3. The maximum absolute atomic E-state index is 12.5. The number of rotatable bonds is 10. The zero-order chi connectivity index (χ0) is 26.4. The van der Waals surface area contributed by atoms with Crippen LogP contribution in [0.3, 0.4) is 0 Å². The predicted molar refractivity (Wildman–Crippen MR) is 158 cm³/mol. The van der Waals surface area contributed by atoms with E-state index in [1.807, 2.05) is 58.6 Å². The van der Waals surface area contributed by atoms with Crippen LogP contribution in [0.4, 0.5) is 0 Å². The molecule has 11 heteroatoms. The van der Waals surface area contributed by atoms with E-state index in [1.165, 1.54) is 0 Å². The van der Waals surface area contributed by atoms with Gasteiger partial charge in [0.15, 0.2) is 0 Å². The topological polar surface area (TPSA) is 44.8 Å².